The Kier molecular flexibility index (Phi) is 4.47. The van der Waals surface area contributed by atoms with Crippen molar-refractivity contribution in [3.8, 4) is 5.69 Å². The highest BCUT2D eigenvalue weighted by atomic mass is 19.1. The van der Waals surface area contributed by atoms with Gasteiger partial charge in [0.05, 0.1) is 18.1 Å². The molecule has 5 nitrogen and oxygen atoms in total. The van der Waals surface area contributed by atoms with E-state index < -0.39 is 0 Å². The fraction of sp³-hybridized carbons (Fsp3) is 0.286. The van der Waals surface area contributed by atoms with Gasteiger partial charge in [-0.2, -0.15) is 5.10 Å². The maximum absolute atomic E-state index is 13.6. The summed E-state index contributed by atoms with van der Waals surface area (Å²) >= 11 is 0. The molecule has 0 fully saturated rings. The smallest absolute Gasteiger partial charge is 0.224 e. The second-order valence-electron chi connectivity index (χ2n) is 4.69. The third-order valence-electron chi connectivity index (χ3n) is 2.79. The van der Waals surface area contributed by atoms with Crippen LogP contribution in [0, 0.1) is 5.82 Å². The number of carbonyl (C=O) groups is 1. The summed E-state index contributed by atoms with van der Waals surface area (Å²) in [5, 5.41) is 6.74. The van der Waals surface area contributed by atoms with Crippen molar-refractivity contribution in [1.82, 2.24) is 9.78 Å². The van der Waals surface area contributed by atoms with Gasteiger partial charge in [0.25, 0.3) is 0 Å². The Morgan fingerprint density at radius 2 is 2.25 bits per heavy atom. The van der Waals surface area contributed by atoms with Gasteiger partial charge in [0.1, 0.15) is 11.5 Å². The van der Waals surface area contributed by atoms with Crippen LogP contribution >= 0.6 is 0 Å². The molecule has 2 rings (SSSR count). The molecule has 106 valence electrons. The Morgan fingerprint density at radius 3 is 2.95 bits per heavy atom. The van der Waals surface area contributed by atoms with Crippen molar-refractivity contribution < 1.29 is 9.18 Å². The largest absolute Gasteiger partial charge is 0.328 e. The summed E-state index contributed by atoms with van der Waals surface area (Å²) in [7, 11) is 0. The first-order valence-corrected chi connectivity index (χ1v) is 6.41. The molecule has 1 aromatic carbocycles. The minimum atomic E-state index is -0.370. The molecule has 6 heteroatoms. The normalized spacial score (nSPS) is 12.2. The van der Waals surface area contributed by atoms with Gasteiger partial charge in [0.2, 0.25) is 5.91 Å². The molecule has 0 radical (unpaired) electrons. The highest BCUT2D eigenvalue weighted by molar-refractivity contribution is 5.90. The Morgan fingerprint density at radius 1 is 1.50 bits per heavy atom. The summed E-state index contributed by atoms with van der Waals surface area (Å²) in [6.07, 6.45) is 4.02. The average Bonchev–Trinajstić information content (AvgIpc) is 2.85. The first-order chi connectivity index (χ1) is 9.56. The number of amides is 1. The number of para-hydroxylation sites is 1. The number of nitrogens with one attached hydrogen (secondary N) is 1. The number of hydrogen-bond acceptors (Lipinski definition) is 3. The maximum Gasteiger partial charge on any atom is 0.224 e. The highest BCUT2D eigenvalue weighted by Gasteiger charge is 2.08. The Bertz CT molecular complexity index is 594. The predicted molar refractivity (Wildman–Crippen MR) is 75.0 cm³/mol. The first kappa shape index (κ1) is 14.2. The summed E-state index contributed by atoms with van der Waals surface area (Å²) < 4.78 is 15.0. The summed E-state index contributed by atoms with van der Waals surface area (Å²) in [4.78, 5) is 11.7. The van der Waals surface area contributed by atoms with Crippen LogP contribution in [-0.2, 0) is 4.79 Å². The van der Waals surface area contributed by atoms with E-state index in [-0.39, 0.29) is 17.8 Å². The number of anilines is 1. The van der Waals surface area contributed by atoms with Crippen LogP contribution in [0.5, 0.6) is 0 Å². The number of halogens is 1. The lowest BCUT2D eigenvalue weighted by molar-refractivity contribution is -0.116. The number of nitrogens with zero attached hydrogens (tertiary/aromatic N) is 2. The Balaban J connectivity index is 2.03. The van der Waals surface area contributed by atoms with E-state index in [0.717, 1.165) is 0 Å². The summed E-state index contributed by atoms with van der Waals surface area (Å²) in [5.41, 5.74) is 6.46. The van der Waals surface area contributed by atoms with E-state index in [2.05, 4.69) is 10.4 Å². The zero-order valence-electron chi connectivity index (χ0n) is 11.2. The zero-order chi connectivity index (χ0) is 14.5. The number of nitrogens with two attached hydrogens (primary N) is 1. The van der Waals surface area contributed by atoms with Crippen LogP contribution in [0.25, 0.3) is 5.69 Å². The quantitative estimate of drug-likeness (QED) is 0.878. The van der Waals surface area contributed by atoms with Gasteiger partial charge in [-0.3, -0.25) is 4.79 Å². The number of benzene rings is 1. The van der Waals surface area contributed by atoms with Crippen LogP contribution in [0.3, 0.4) is 0 Å². The van der Waals surface area contributed by atoms with Gasteiger partial charge in [0, 0.05) is 12.5 Å². The lowest BCUT2D eigenvalue weighted by Crippen LogP contribution is -2.19. The lowest BCUT2D eigenvalue weighted by Gasteiger charge is -2.05. The Labute approximate surface area is 116 Å². The zero-order valence-corrected chi connectivity index (χ0v) is 11.2. The van der Waals surface area contributed by atoms with Crippen LogP contribution in [-0.4, -0.2) is 21.7 Å². The molecule has 0 aliphatic rings. The number of hydrogen-bond donors (Lipinski definition) is 2. The van der Waals surface area contributed by atoms with E-state index in [1.54, 1.807) is 24.4 Å². The van der Waals surface area contributed by atoms with E-state index in [4.69, 9.17) is 5.73 Å². The lowest BCUT2D eigenvalue weighted by atomic mass is 10.2. The minimum absolute atomic E-state index is 0.0121. The third-order valence-corrected chi connectivity index (χ3v) is 2.79. The molecule has 1 heterocycles. The fourth-order valence-electron chi connectivity index (χ4n) is 1.74. The van der Waals surface area contributed by atoms with Crippen LogP contribution in [0.2, 0.25) is 0 Å². The molecule has 0 aliphatic heterocycles. The van der Waals surface area contributed by atoms with Gasteiger partial charge in [-0.05, 0) is 25.5 Å². The average molecular weight is 276 g/mol. The van der Waals surface area contributed by atoms with Crippen molar-refractivity contribution in [3.05, 3.63) is 42.5 Å². The molecule has 0 bridgehead atoms. The molecule has 0 saturated carbocycles. The van der Waals surface area contributed by atoms with E-state index >= 15 is 0 Å². The summed E-state index contributed by atoms with van der Waals surface area (Å²) in [6.45, 7) is 1.85. The van der Waals surface area contributed by atoms with Crippen molar-refractivity contribution >= 4 is 11.6 Å². The van der Waals surface area contributed by atoms with Crippen molar-refractivity contribution in [2.24, 2.45) is 5.73 Å². The minimum Gasteiger partial charge on any atom is -0.328 e. The molecule has 1 unspecified atom stereocenters. The van der Waals surface area contributed by atoms with E-state index in [0.29, 0.717) is 24.2 Å². The van der Waals surface area contributed by atoms with Crippen LogP contribution in [0.1, 0.15) is 19.8 Å². The molecule has 1 amide bonds. The molecular formula is C14H17FN4O. The molecule has 0 spiro atoms. The van der Waals surface area contributed by atoms with Crippen LogP contribution < -0.4 is 11.1 Å². The molecule has 0 aliphatic carbocycles. The van der Waals surface area contributed by atoms with Crippen molar-refractivity contribution in [3.63, 3.8) is 0 Å². The second kappa shape index (κ2) is 6.29. The SMILES string of the molecule is CC(N)CCC(=O)Nc1cnn(-c2ccccc2F)c1. The van der Waals surface area contributed by atoms with Crippen molar-refractivity contribution in [2.45, 2.75) is 25.8 Å². The molecule has 0 saturated heterocycles. The standard InChI is InChI=1S/C14H17FN4O/c1-10(16)6-7-14(20)18-11-8-17-19(9-11)13-5-3-2-4-12(13)15/h2-5,8-10H,6-7,16H2,1H3,(H,18,20). The summed E-state index contributed by atoms with van der Waals surface area (Å²) in [6, 6.07) is 6.30. The molecule has 3 N–H and O–H groups in total. The first-order valence-electron chi connectivity index (χ1n) is 6.41. The Hall–Kier alpha value is -2.21. The van der Waals surface area contributed by atoms with Gasteiger partial charge in [-0.15, -0.1) is 0 Å². The van der Waals surface area contributed by atoms with Crippen molar-refractivity contribution in [2.75, 3.05) is 5.32 Å². The van der Waals surface area contributed by atoms with Crippen LogP contribution in [0.15, 0.2) is 36.7 Å². The second-order valence-corrected chi connectivity index (χ2v) is 4.69. The summed E-state index contributed by atoms with van der Waals surface area (Å²) in [5.74, 6) is -0.499. The maximum atomic E-state index is 13.6. The van der Waals surface area contributed by atoms with Gasteiger partial charge < -0.3 is 11.1 Å². The van der Waals surface area contributed by atoms with Crippen molar-refractivity contribution in [1.29, 1.82) is 0 Å². The fourth-order valence-corrected chi connectivity index (χ4v) is 1.74. The van der Waals surface area contributed by atoms with Crippen LogP contribution in [0.4, 0.5) is 10.1 Å². The van der Waals surface area contributed by atoms with Gasteiger partial charge in [-0.1, -0.05) is 12.1 Å². The topological polar surface area (TPSA) is 72.9 Å². The number of carbonyl (C=O) groups excluding carboxylic acids is 1. The highest BCUT2D eigenvalue weighted by Crippen LogP contribution is 2.15. The van der Waals surface area contributed by atoms with Gasteiger partial charge in [-0.25, -0.2) is 9.07 Å². The molecular weight excluding hydrogens is 259 g/mol. The molecule has 1 aromatic heterocycles. The molecule has 2 aromatic rings. The van der Waals surface area contributed by atoms with E-state index in [1.165, 1.54) is 16.9 Å². The van der Waals surface area contributed by atoms with Gasteiger partial charge in [0.15, 0.2) is 0 Å². The van der Waals surface area contributed by atoms with Gasteiger partial charge >= 0.3 is 0 Å². The third kappa shape index (κ3) is 3.64. The monoisotopic (exact) mass is 276 g/mol. The number of rotatable bonds is 5. The van der Waals surface area contributed by atoms with E-state index in [1.807, 2.05) is 6.92 Å². The van der Waals surface area contributed by atoms with E-state index in [9.17, 15) is 9.18 Å². The predicted octanol–water partition coefficient (Wildman–Crippen LogP) is 2.08. The molecule has 1 atom stereocenters. The molecule has 20 heavy (non-hydrogen) atoms. The number of aromatic nitrogens is 2.